The number of carboxylic acids is 1. The molecule has 106 valence electrons. The molecule has 1 aliphatic rings. The first-order valence-electron chi connectivity index (χ1n) is 6.54. The van der Waals surface area contributed by atoms with Crippen LogP contribution in [0.2, 0.25) is 0 Å². The fourth-order valence-electron chi connectivity index (χ4n) is 2.42. The summed E-state index contributed by atoms with van der Waals surface area (Å²) in [6.45, 7) is 1.84. The van der Waals surface area contributed by atoms with Crippen LogP contribution in [0.5, 0.6) is 0 Å². The maximum Gasteiger partial charge on any atom is 0.307 e. The number of hydrogen-bond donors (Lipinski definition) is 1. The zero-order chi connectivity index (χ0) is 13.9. The van der Waals surface area contributed by atoms with Crippen molar-refractivity contribution < 1.29 is 18.8 Å². The number of furan rings is 1. The first-order valence-corrected chi connectivity index (χ1v) is 6.54. The second-order valence-corrected chi connectivity index (χ2v) is 4.90. The van der Waals surface area contributed by atoms with E-state index in [-0.39, 0.29) is 5.92 Å². The van der Waals surface area contributed by atoms with Crippen LogP contribution in [0.25, 0.3) is 11.6 Å². The molecule has 0 bridgehead atoms. The zero-order valence-electron chi connectivity index (χ0n) is 10.9. The highest BCUT2D eigenvalue weighted by molar-refractivity contribution is 5.70. The van der Waals surface area contributed by atoms with Crippen LogP contribution in [0, 0.1) is 5.92 Å². The molecule has 7 heteroatoms. The fourth-order valence-corrected chi connectivity index (χ4v) is 2.42. The third-order valence-electron chi connectivity index (χ3n) is 3.42. The average molecular weight is 277 g/mol. The van der Waals surface area contributed by atoms with Gasteiger partial charge in [-0.1, -0.05) is 5.16 Å². The Balaban J connectivity index is 1.64. The summed E-state index contributed by atoms with van der Waals surface area (Å²) < 4.78 is 10.4. The number of nitrogens with zero attached hydrogens (tertiary/aromatic N) is 3. The van der Waals surface area contributed by atoms with Crippen LogP contribution in [-0.2, 0) is 11.3 Å². The van der Waals surface area contributed by atoms with Gasteiger partial charge in [0.15, 0.2) is 5.76 Å². The van der Waals surface area contributed by atoms with Gasteiger partial charge >= 0.3 is 5.97 Å². The van der Waals surface area contributed by atoms with Crippen molar-refractivity contribution >= 4 is 5.97 Å². The van der Waals surface area contributed by atoms with Gasteiger partial charge < -0.3 is 14.0 Å². The van der Waals surface area contributed by atoms with Gasteiger partial charge in [0.25, 0.3) is 0 Å². The molecule has 1 aliphatic heterocycles. The van der Waals surface area contributed by atoms with Crippen molar-refractivity contribution in [3.8, 4) is 11.6 Å². The second kappa shape index (κ2) is 5.46. The molecule has 1 unspecified atom stereocenters. The van der Waals surface area contributed by atoms with Crippen molar-refractivity contribution in [3.63, 3.8) is 0 Å². The minimum atomic E-state index is -0.739. The maximum absolute atomic E-state index is 11.0. The lowest BCUT2D eigenvalue weighted by atomic mass is 9.98. The van der Waals surface area contributed by atoms with Crippen LogP contribution in [0.3, 0.4) is 0 Å². The number of rotatable bonds is 4. The van der Waals surface area contributed by atoms with Crippen molar-refractivity contribution in [2.75, 3.05) is 13.1 Å². The summed E-state index contributed by atoms with van der Waals surface area (Å²) in [7, 11) is 0. The maximum atomic E-state index is 11.0. The van der Waals surface area contributed by atoms with Crippen LogP contribution in [0.15, 0.2) is 27.3 Å². The van der Waals surface area contributed by atoms with E-state index in [1.807, 2.05) is 4.90 Å². The van der Waals surface area contributed by atoms with Gasteiger partial charge in [0.1, 0.15) is 0 Å². The molecular weight excluding hydrogens is 262 g/mol. The lowest BCUT2D eigenvalue weighted by molar-refractivity contribution is -0.143. The molecule has 2 aromatic rings. The highest BCUT2D eigenvalue weighted by Gasteiger charge is 2.26. The van der Waals surface area contributed by atoms with Crippen LogP contribution >= 0.6 is 0 Å². The summed E-state index contributed by atoms with van der Waals surface area (Å²) in [4.78, 5) is 17.3. The van der Waals surface area contributed by atoms with E-state index in [9.17, 15) is 4.79 Å². The summed E-state index contributed by atoms with van der Waals surface area (Å²) >= 11 is 0. The van der Waals surface area contributed by atoms with Crippen molar-refractivity contribution in [1.82, 2.24) is 15.0 Å². The Morgan fingerprint density at radius 2 is 2.45 bits per heavy atom. The SMILES string of the molecule is O=C(O)C1CCCN(Cc2nc(-c3ccco3)no2)C1. The molecule has 0 aromatic carbocycles. The fraction of sp³-hybridized carbons (Fsp3) is 0.462. The molecule has 0 amide bonds. The van der Waals surface area contributed by atoms with Crippen molar-refractivity contribution in [2.24, 2.45) is 5.92 Å². The van der Waals surface area contributed by atoms with Gasteiger partial charge in [-0.25, -0.2) is 0 Å². The van der Waals surface area contributed by atoms with Gasteiger partial charge in [0.2, 0.25) is 11.7 Å². The van der Waals surface area contributed by atoms with Gasteiger partial charge in [0.05, 0.1) is 18.7 Å². The Kier molecular flexibility index (Phi) is 3.51. The quantitative estimate of drug-likeness (QED) is 0.907. The number of likely N-dealkylation sites (tertiary alicyclic amines) is 1. The van der Waals surface area contributed by atoms with E-state index in [4.69, 9.17) is 14.0 Å². The van der Waals surface area contributed by atoms with E-state index in [0.29, 0.717) is 30.6 Å². The second-order valence-electron chi connectivity index (χ2n) is 4.90. The third-order valence-corrected chi connectivity index (χ3v) is 3.42. The molecule has 1 N–H and O–H groups in total. The molecule has 1 atom stereocenters. The Bertz CT molecular complexity index is 578. The van der Waals surface area contributed by atoms with Crippen LogP contribution in [0.4, 0.5) is 0 Å². The van der Waals surface area contributed by atoms with Gasteiger partial charge in [0, 0.05) is 6.54 Å². The monoisotopic (exact) mass is 277 g/mol. The first-order chi connectivity index (χ1) is 9.72. The predicted octanol–water partition coefficient (Wildman–Crippen LogP) is 1.63. The lowest BCUT2D eigenvalue weighted by Crippen LogP contribution is -2.38. The Hall–Kier alpha value is -2.15. The third kappa shape index (κ3) is 2.72. The molecule has 0 spiro atoms. The number of piperidine rings is 1. The summed E-state index contributed by atoms with van der Waals surface area (Å²) in [6, 6.07) is 3.52. The highest BCUT2D eigenvalue weighted by Crippen LogP contribution is 2.20. The average Bonchev–Trinajstić information content (AvgIpc) is 3.09. The van der Waals surface area contributed by atoms with Gasteiger partial charge in [-0.15, -0.1) is 0 Å². The molecule has 0 radical (unpaired) electrons. The number of aliphatic carboxylic acids is 1. The van der Waals surface area contributed by atoms with E-state index in [1.54, 1.807) is 18.4 Å². The molecule has 1 saturated heterocycles. The Morgan fingerprint density at radius 1 is 1.55 bits per heavy atom. The smallest absolute Gasteiger partial charge is 0.307 e. The van der Waals surface area contributed by atoms with E-state index in [1.165, 1.54) is 0 Å². The van der Waals surface area contributed by atoms with Crippen LogP contribution in [0.1, 0.15) is 18.7 Å². The van der Waals surface area contributed by atoms with E-state index in [2.05, 4.69) is 10.1 Å². The van der Waals surface area contributed by atoms with Crippen molar-refractivity contribution in [1.29, 1.82) is 0 Å². The first kappa shape index (κ1) is 12.9. The van der Waals surface area contributed by atoms with Gasteiger partial charge in [-0.3, -0.25) is 9.69 Å². The Morgan fingerprint density at radius 3 is 3.20 bits per heavy atom. The molecule has 0 saturated carbocycles. The van der Waals surface area contributed by atoms with Gasteiger partial charge in [-0.05, 0) is 31.5 Å². The Labute approximate surface area is 115 Å². The van der Waals surface area contributed by atoms with Crippen molar-refractivity contribution in [3.05, 3.63) is 24.3 Å². The standard InChI is InChI=1S/C13H15N3O4/c17-13(18)9-3-1-5-16(7-9)8-11-14-12(15-20-11)10-4-2-6-19-10/h2,4,6,9H,1,3,5,7-8H2,(H,17,18). The summed E-state index contributed by atoms with van der Waals surface area (Å²) in [5.41, 5.74) is 0. The summed E-state index contributed by atoms with van der Waals surface area (Å²) in [5.74, 6) is 0.397. The zero-order valence-corrected chi connectivity index (χ0v) is 10.9. The topological polar surface area (TPSA) is 92.6 Å². The minimum absolute atomic E-state index is 0.309. The molecule has 20 heavy (non-hydrogen) atoms. The number of carbonyl (C=O) groups is 1. The van der Waals surface area contributed by atoms with Crippen molar-refractivity contribution in [2.45, 2.75) is 19.4 Å². The highest BCUT2D eigenvalue weighted by atomic mass is 16.5. The molecule has 3 heterocycles. The van der Waals surface area contributed by atoms with E-state index >= 15 is 0 Å². The summed E-state index contributed by atoms with van der Waals surface area (Å²) in [6.07, 6.45) is 3.15. The molecule has 3 rings (SSSR count). The summed E-state index contributed by atoms with van der Waals surface area (Å²) in [5, 5.41) is 12.9. The molecule has 0 aliphatic carbocycles. The van der Waals surface area contributed by atoms with Crippen LogP contribution in [-0.4, -0.2) is 39.2 Å². The van der Waals surface area contributed by atoms with E-state index in [0.717, 1.165) is 19.4 Å². The number of aromatic nitrogens is 2. The number of hydrogen-bond acceptors (Lipinski definition) is 6. The predicted molar refractivity (Wildman–Crippen MR) is 67.6 cm³/mol. The molecule has 1 fully saturated rings. The molecule has 7 nitrogen and oxygen atoms in total. The molecule has 2 aromatic heterocycles. The van der Waals surface area contributed by atoms with Gasteiger partial charge in [-0.2, -0.15) is 4.98 Å². The molecular formula is C13H15N3O4. The lowest BCUT2D eigenvalue weighted by Gasteiger charge is -2.29. The largest absolute Gasteiger partial charge is 0.481 e. The number of carboxylic acid groups (broad SMARTS) is 1. The minimum Gasteiger partial charge on any atom is -0.481 e. The normalized spacial score (nSPS) is 20.1. The van der Waals surface area contributed by atoms with E-state index < -0.39 is 5.97 Å². The van der Waals surface area contributed by atoms with Crippen LogP contribution < -0.4 is 0 Å².